The van der Waals surface area contributed by atoms with Crippen LogP contribution in [0.5, 0.6) is 0 Å². The number of carbonyl (C=O) groups is 1. The number of nitrogens with one attached hydrogen (secondary N) is 1. The van der Waals surface area contributed by atoms with Gasteiger partial charge in [-0.05, 0) is 38.5 Å². The molecule has 1 unspecified atom stereocenters. The maximum Gasteiger partial charge on any atom is 0.307 e. The van der Waals surface area contributed by atoms with Crippen molar-refractivity contribution in [1.82, 2.24) is 0 Å². The summed E-state index contributed by atoms with van der Waals surface area (Å²) in [7, 11) is 0. The summed E-state index contributed by atoms with van der Waals surface area (Å²) in [5.41, 5.74) is 8.53. The minimum absolute atomic E-state index is 0.00171. The zero-order chi connectivity index (χ0) is 12.8. The molecule has 0 aliphatic rings. The van der Waals surface area contributed by atoms with Gasteiger partial charge in [0.1, 0.15) is 0 Å². The summed E-state index contributed by atoms with van der Waals surface area (Å²) in [4.78, 5) is 11.3. The predicted octanol–water partition coefficient (Wildman–Crippen LogP) is 2.33. The quantitative estimate of drug-likeness (QED) is 0.608. The Morgan fingerprint density at radius 2 is 2.24 bits per heavy atom. The summed E-state index contributed by atoms with van der Waals surface area (Å²) in [5, 5.41) is 3.21. The van der Waals surface area contributed by atoms with Gasteiger partial charge in [-0.15, -0.1) is 0 Å². The van der Waals surface area contributed by atoms with Gasteiger partial charge < -0.3 is 15.8 Å². The first kappa shape index (κ1) is 13.4. The normalized spacial score (nSPS) is 11.9. The molecule has 4 nitrogen and oxygen atoms in total. The van der Waals surface area contributed by atoms with E-state index in [2.05, 4.69) is 5.32 Å². The molecule has 0 fully saturated rings. The zero-order valence-electron chi connectivity index (χ0n) is 10.6. The number of benzene rings is 1. The molecule has 0 bridgehead atoms. The highest BCUT2D eigenvalue weighted by Crippen LogP contribution is 2.20. The number of nitrogens with two attached hydrogens (primary N) is 1. The summed E-state index contributed by atoms with van der Waals surface area (Å²) < 4.78 is 4.89. The first-order valence-corrected chi connectivity index (χ1v) is 5.81. The number of nitrogen functional groups attached to an aromatic ring is 1. The van der Waals surface area contributed by atoms with Crippen molar-refractivity contribution < 1.29 is 9.53 Å². The second kappa shape index (κ2) is 6.13. The summed E-state index contributed by atoms with van der Waals surface area (Å²) in [6.45, 7) is 6.14. The largest absolute Gasteiger partial charge is 0.466 e. The fourth-order valence-corrected chi connectivity index (χ4v) is 1.58. The average molecular weight is 236 g/mol. The lowest BCUT2D eigenvalue weighted by atomic mass is 10.1. The van der Waals surface area contributed by atoms with Crippen molar-refractivity contribution in [3.8, 4) is 0 Å². The van der Waals surface area contributed by atoms with Gasteiger partial charge in [0.2, 0.25) is 0 Å². The summed E-state index contributed by atoms with van der Waals surface area (Å²) in [6.07, 6.45) is 0.335. The van der Waals surface area contributed by atoms with Crippen molar-refractivity contribution in [3.05, 3.63) is 23.8 Å². The Balaban J connectivity index is 2.58. The Labute approximate surface area is 102 Å². The van der Waals surface area contributed by atoms with E-state index in [0.717, 1.165) is 11.3 Å². The topological polar surface area (TPSA) is 64.3 Å². The van der Waals surface area contributed by atoms with Crippen LogP contribution in [0.2, 0.25) is 0 Å². The van der Waals surface area contributed by atoms with Crippen molar-refractivity contribution in [2.24, 2.45) is 0 Å². The molecule has 0 heterocycles. The van der Waals surface area contributed by atoms with Gasteiger partial charge >= 0.3 is 5.97 Å². The lowest BCUT2D eigenvalue weighted by Crippen LogP contribution is -2.21. The van der Waals surface area contributed by atoms with Gasteiger partial charge in [0.15, 0.2) is 0 Å². The van der Waals surface area contributed by atoms with E-state index in [-0.39, 0.29) is 12.0 Å². The molecule has 0 aromatic heterocycles. The van der Waals surface area contributed by atoms with Crippen LogP contribution in [-0.4, -0.2) is 18.6 Å². The summed E-state index contributed by atoms with van der Waals surface area (Å²) >= 11 is 0. The molecule has 0 aliphatic heterocycles. The Hall–Kier alpha value is -1.71. The molecule has 1 rings (SSSR count). The maximum absolute atomic E-state index is 11.3. The predicted molar refractivity (Wildman–Crippen MR) is 69.9 cm³/mol. The van der Waals surface area contributed by atoms with Crippen molar-refractivity contribution in [3.63, 3.8) is 0 Å². The van der Waals surface area contributed by atoms with Crippen LogP contribution in [0.3, 0.4) is 0 Å². The number of carbonyl (C=O) groups excluding carboxylic acids is 1. The van der Waals surface area contributed by atoms with Crippen LogP contribution in [0, 0.1) is 6.92 Å². The van der Waals surface area contributed by atoms with Gasteiger partial charge in [-0.3, -0.25) is 4.79 Å². The van der Waals surface area contributed by atoms with Gasteiger partial charge in [0.25, 0.3) is 0 Å². The standard InChI is InChI=1S/C13H20N2O2/c1-4-17-13(16)8-10(3)15-12-7-9(2)5-6-11(12)14/h5-7,10,15H,4,8,14H2,1-3H3. The lowest BCUT2D eigenvalue weighted by molar-refractivity contribution is -0.143. The highest BCUT2D eigenvalue weighted by Gasteiger charge is 2.10. The van der Waals surface area contributed by atoms with Gasteiger partial charge in [-0.25, -0.2) is 0 Å². The second-order valence-electron chi connectivity index (χ2n) is 4.15. The van der Waals surface area contributed by atoms with Gasteiger partial charge in [0, 0.05) is 6.04 Å². The molecule has 17 heavy (non-hydrogen) atoms. The smallest absolute Gasteiger partial charge is 0.307 e. The van der Waals surface area contributed by atoms with E-state index in [1.807, 2.05) is 32.0 Å². The SMILES string of the molecule is CCOC(=O)CC(C)Nc1cc(C)ccc1N. The zero-order valence-corrected chi connectivity index (χ0v) is 10.6. The second-order valence-corrected chi connectivity index (χ2v) is 4.15. The molecule has 0 saturated carbocycles. The van der Waals surface area contributed by atoms with Crippen molar-refractivity contribution in [2.45, 2.75) is 33.2 Å². The van der Waals surface area contributed by atoms with E-state index >= 15 is 0 Å². The van der Waals surface area contributed by atoms with Gasteiger partial charge in [-0.1, -0.05) is 6.07 Å². The van der Waals surface area contributed by atoms with Crippen LogP contribution in [-0.2, 0) is 9.53 Å². The van der Waals surface area contributed by atoms with Gasteiger partial charge in [-0.2, -0.15) is 0 Å². The highest BCUT2D eigenvalue weighted by atomic mass is 16.5. The average Bonchev–Trinajstić information content (AvgIpc) is 2.23. The fourth-order valence-electron chi connectivity index (χ4n) is 1.58. The molecule has 1 atom stereocenters. The van der Waals surface area contributed by atoms with E-state index in [0.29, 0.717) is 18.7 Å². The minimum Gasteiger partial charge on any atom is -0.466 e. The van der Waals surface area contributed by atoms with Crippen molar-refractivity contribution in [1.29, 1.82) is 0 Å². The Bertz CT molecular complexity index is 391. The fraction of sp³-hybridized carbons (Fsp3) is 0.462. The number of esters is 1. The van der Waals surface area contributed by atoms with E-state index in [4.69, 9.17) is 10.5 Å². The molecule has 94 valence electrons. The Kier molecular flexibility index (Phi) is 4.82. The molecule has 3 N–H and O–H groups in total. The monoisotopic (exact) mass is 236 g/mol. The van der Waals surface area contributed by atoms with E-state index in [1.54, 1.807) is 6.92 Å². The van der Waals surface area contributed by atoms with Crippen molar-refractivity contribution in [2.75, 3.05) is 17.7 Å². The molecule has 4 heteroatoms. The lowest BCUT2D eigenvalue weighted by Gasteiger charge is -2.16. The Morgan fingerprint density at radius 1 is 1.53 bits per heavy atom. The number of anilines is 2. The van der Waals surface area contributed by atoms with Crippen LogP contribution in [0.15, 0.2) is 18.2 Å². The first-order chi connectivity index (χ1) is 8.02. The van der Waals surface area contributed by atoms with E-state index in [1.165, 1.54) is 0 Å². The van der Waals surface area contributed by atoms with Crippen LogP contribution in [0.25, 0.3) is 0 Å². The van der Waals surface area contributed by atoms with Crippen LogP contribution < -0.4 is 11.1 Å². The third-order valence-electron chi connectivity index (χ3n) is 2.39. The number of hydrogen-bond acceptors (Lipinski definition) is 4. The molecule has 0 radical (unpaired) electrons. The molecular weight excluding hydrogens is 216 g/mol. The molecule has 1 aromatic rings. The molecule has 0 aliphatic carbocycles. The van der Waals surface area contributed by atoms with Crippen LogP contribution in [0.1, 0.15) is 25.8 Å². The van der Waals surface area contributed by atoms with Crippen LogP contribution >= 0.6 is 0 Å². The third-order valence-corrected chi connectivity index (χ3v) is 2.39. The number of aryl methyl sites for hydroxylation is 1. The van der Waals surface area contributed by atoms with E-state index in [9.17, 15) is 4.79 Å². The summed E-state index contributed by atoms with van der Waals surface area (Å²) in [5.74, 6) is -0.196. The van der Waals surface area contributed by atoms with Crippen LogP contribution in [0.4, 0.5) is 11.4 Å². The first-order valence-electron chi connectivity index (χ1n) is 5.81. The number of hydrogen-bond donors (Lipinski definition) is 2. The molecule has 0 spiro atoms. The third kappa shape index (κ3) is 4.34. The van der Waals surface area contributed by atoms with E-state index < -0.39 is 0 Å². The maximum atomic E-state index is 11.3. The molecule has 0 saturated heterocycles. The Morgan fingerprint density at radius 3 is 2.88 bits per heavy atom. The highest BCUT2D eigenvalue weighted by molar-refractivity contribution is 5.72. The number of rotatable bonds is 5. The van der Waals surface area contributed by atoms with Crippen molar-refractivity contribution >= 4 is 17.3 Å². The summed E-state index contributed by atoms with van der Waals surface area (Å²) in [6, 6.07) is 5.78. The van der Waals surface area contributed by atoms with Gasteiger partial charge in [0.05, 0.1) is 24.4 Å². The molecule has 0 amide bonds. The molecular formula is C13H20N2O2. The minimum atomic E-state index is -0.196. The number of ether oxygens (including phenoxy) is 1. The molecule has 1 aromatic carbocycles.